The summed E-state index contributed by atoms with van der Waals surface area (Å²) in [5, 5.41) is 3.89. The number of nitrogens with one attached hydrogen (secondary N) is 1. The van der Waals surface area contributed by atoms with E-state index in [9.17, 15) is 9.59 Å². The number of aryl methyl sites for hydroxylation is 2. The Bertz CT molecular complexity index is 1210. The Morgan fingerprint density at radius 1 is 0.921 bits per heavy atom. The van der Waals surface area contributed by atoms with Crippen LogP contribution >= 0.6 is 11.6 Å². The summed E-state index contributed by atoms with van der Waals surface area (Å²) in [4.78, 5) is 29.2. The Labute approximate surface area is 231 Å². The third-order valence-electron chi connectivity index (χ3n) is 7.33. The first kappa shape index (κ1) is 27.7. The van der Waals surface area contributed by atoms with Gasteiger partial charge in [-0.05, 0) is 73.2 Å². The van der Waals surface area contributed by atoms with Gasteiger partial charge < -0.3 is 15.0 Å². The zero-order valence-corrected chi connectivity index (χ0v) is 23.0. The average molecular weight is 533 g/mol. The summed E-state index contributed by atoms with van der Waals surface area (Å²) >= 11 is 6.12. The van der Waals surface area contributed by atoms with Gasteiger partial charge in [-0.3, -0.25) is 9.59 Å². The van der Waals surface area contributed by atoms with Crippen molar-refractivity contribution in [3.63, 3.8) is 0 Å². The molecule has 1 saturated carbocycles. The van der Waals surface area contributed by atoms with E-state index in [1.54, 1.807) is 17.0 Å². The molecule has 6 heteroatoms. The molecule has 1 N–H and O–H groups in total. The van der Waals surface area contributed by atoms with Gasteiger partial charge in [-0.1, -0.05) is 79.4 Å². The molecule has 0 heterocycles. The summed E-state index contributed by atoms with van der Waals surface area (Å²) in [6.45, 7) is 4.18. The van der Waals surface area contributed by atoms with Gasteiger partial charge >= 0.3 is 0 Å². The normalized spacial score (nSPS) is 14.5. The van der Waals surface area contributed by atoms with Crippen LogP contribution in [0.1, 0.15) is 54.4 Å². The Hall–Kier alpha value is -3.31. The van der Waals surface area contributed by atoms with Crippen LogP contribution in [0.4, 0.5) is 0 Å². The summed E-state index contributed by atoms with van der Waals surface area (Å²) in [5.41, 5.74) is 4.16. The Balaban J connectivity index is 1.60. The van der Waals surface area contributed by atoms with Crippen molar-refractivity contribution < 1.29 is 14.3 Å². The number of nitrogens with zero attached hydrogens (tertiary/aromatic N) is 1. The van der Waals surface area contributed by atoms with Gasteiger partial charge in [0.1, 0.15) is 11.8 Å². The molecule has 1 fully saturated rings. The maximum Gasteiger partial charge on any atom is 0.261 e. The van der Waals surface area contributed by atoms with Crippen LogP contribution in [-0.2, 0) is 22.6 Å². The van der Waals surface area contributed by atoms with E-state index in [1.165, 1.54) is 6.42 Å². The minimum atomic E-state index is -0.675. The van der Waals surface area contributed by atoms with Gasteiger partial charge in [-0.25, -0.2) is 0 Å². The number of hydrogen-bond acceptors (Lipinski definition) is 3. The van der Waals surface area contributed by atoms with E-state index in [0.29, 0.717) is 17.2 Å². The maximum atomic E-state index is 13.8. The minimum absolute atomic E-state index is 0.116. The molecule has 1 atom stereocenters. The molecule has 0 radical (unpaired) electrons. The van der Waals surface area contributed by atoms with Gasteiger partial charge in [-0.15, -0.1) is 0 Å². The average Bonchev–Trinajstić information content (AvgIpc) is 2.93. The number of hydrogen-bond donors (Lipinski definition) is 1. The lowest BCUT2D eigenvalue weighted by Gasteiger charge is -2.33. The quantitative estimate of drug-likeness (QED) is 0.327. The van der Waals surface area contributed by atoms with E-state index in [0.717, 1.165) is 47.9 Å². The molecule has 200 valence electrons. The van der Waals surface area contributed by atoms with Gasteiger partial charge in [0.2, 0.25) is 5.91 Å². The Morgan fingerprint density at radius 2 is 1.63 bits per heavy atom. The van der Waals surface area contributed by atoms with Gasteiger partial charge in [0, 0.05) is 24.0 Å². The predicted molar refractivity (Wildman–Crippen MR) is 152 cm³/mol. The fraction of sp³-hybridized carbons (Fsp3) is 0.375. The molecule has 0 saturated heterocycles. The van der Waals surface area contributed by atoms with E-state index in [1.807, 2.05) is 74.5 Å². The Morgan fingerprint density at radius 3 is 2.32 bits per heavy atom. The van der Waals surface area contributed by atoms with E-state index in [2.05, 4.69) is 5.32 Å². The molecule has 2 amide bonds. The summed E-state index contributed by atoms with van der Waals surface area (Å²) in [6, 6.07) is 22.5. The molecule has 1 aliphatic rings. The summed E-state index contributed by atoms with van der Waals surface area (Å²) in [5.74, 6) is 0.284. The molecule has 5 nitrogen and oxygen atoms in total. The van der Waals surface area contributed by atoms with Crippen molar-refractivity contribution in [2.24, 2.45) is 0 Å². The van der Waals surface area contributed by atoms with E-state index in [4.69, 9.17) is 16.3 Å². The van der Waals surface area contributed by atoms with Crippen LogP contribution in [-0.4, -0.2) is 35.4 Å². The summed E-state index contributed by atoms with van der Waals surface area (Å²) in [7, 11) is 0. The maximum absolute atomic E-state index is 13.8. The van der Waals surface area contributed by atoms with Crippen molar-refractivity contribution in [1.29, 1.82) is 0 Å². The number of carbonyl (C=O) groups excluding carboxylic acids is 2. The zero-order valence-electron chi connectivity index (χ0n) is 22.3. The standard InChI is InChI=1S/C32H37ClN2O3/c1-23-13-18-29(19-24(23)2)38-22-31(36)35(21-26-14-16-27(33)17-15-26)30(20-25-9-5-3-6-10-25)32(37)34-28-11-7-4-8-12-28/h3,5-6,9-10,13-19,28,30H,4,7-8,11-12,20-22H2,1-2H3,(H,34,37)/t30-/m1/s1. The first-order chi connectivity index (χ1) is 18.4. The van der Waals surface area contributed by atoms with E-state index < -0.39 is 6.04 Å². The van der Waals surface area contributed by atoms with Crippen LogP contribution in [0, 0.1) is 13.8 Å². The predicted octanol–water partition coefficient (Wildman–Crippen LogP) is 6.42. The highest BCUT2D eigenvalue weighted by atomic mass is 35.5. The summed E-state index contributed by atoms with van der Waals surface area (Å²) < 4.78 is 5.93. The number of amides is 2. The highest BCUT2D eigenvalue weighted by molar-refractivity contribution is 6.30. The lowest BCUT2D eigenvalue weighted by atomic mass is 9.94. The molecule has 4 rings (SSSR count). The zero-order chi connectivity index (χ0) is 26.9. The fourth-order valence-corrected chi connectivity index (χ4v) is 5.04. The second-order valence-corrected chi connectivity index (χ2v) is 10.7. The largest absolute Gasteiger partial charge is 0.484 e. The summed E-state index contributed by atoms with van der Waals surface area (Å²) in [6.07, 6.45) is 5.81. The number of rotatable bonds is 10. The van der Waals surface area contributed by atoms with Crippen molar-refractivity contribution in [2.45, 2.75) is 71.0 Å². The van der Waals surface area contributed by atoms with Crippen LogP contribution in [0.3, 0.4) is 0 Å². The first-order valence-corrected chi connectivity index (χ1v) is 13.8. The molecular weight excluding hydrogens is 496 g/mol. The SMILES string of the molecule is Cc1ccc(OCC(=O)N(Cc2ccc(Cl)cc2)[C@H](Cc2ccccc2)C(=O)NC2CCCCC2)cc1C. The Kier molecular flexibility index (Phi) is 9.83. The van der Waals surface area contributed by atoms with Gasteiger partial charge in [0.25, 0.3) is 5.91 Å². The van der Waals surface area contributed by atoms with Crippen LogP contribution in [0.25, 0.3) is 0 Å². The number of benzene rings is 3. The smallest absolute Gasteiger partial charge is 0.261 e. The molecule has 0 unspecified atom stereocenters. The molecule has 38 heavy (non-hydrogen) atoms. The molecule has 3 aromatic rings. The number of ether oxygens (including phenoxy) is 1. The number of halogens is 1. The first-order valence-electron chi connectivity index (χ1n) is 13.5. The second-order valence-electron chi connectivity index (χ2n) is 10.2. The van der Waals surface area contributed by atoms with E-state index >= 15 is 0 Å². The molecule has 3 aromatic carbocycles. The second kappa shape index (κ2) is 13.5. The highest BCUT2D eigenvalue weighted by Crippen LogP contribution is 2.21. The minimum Gasteiger partial charge on any atom is -0.484 e. The van der Waals surface area contributed by atoms with Gasteiger partial charge in [-0.2, -0.15) is 0 Å². The topological polar surface area (TPSA) is 58.6 Å². The molecule has 0 bridgehead atoms. The van der Waals surface area contributed by atoms with Crippen molar-refractivity contribution >= 4 is 23.4 Å². The van der Waals surface area contributed by atoms with Crippen molar-refractivity contribution in [3.05, 3.63) is 100 Å². The van der Waals surface area contributed by atoms with Crippen LogP contribution in [0.5, 0.6) is 5.75 Å². The molecule has 0 aromatic heterocycles. The van der Waals surface area contributed by atoms with Crippen LogP contribution in [0.15, 0.2) is 72.8 Å². The molecular formula is C32H37ClN2O3. The van der Waals surface area contributed by atoms with Crippen molar-refractivity contribution in [1.82, 2.24) is 10.2 Å². The highest BCUT2D eigenvalue weighted by Gasteiger charge is 2.32. The lowest BCUT2D eigenvalue weighted by Crippen LogP contribution is -2.53. The lowest BCUT2D eigenvalue weighted by molar-refractivity contribution is -0.143. The van der Waals surface area contributed by atoms with Gasteiger partial charge in [0.05, 0.1) is 0 Å². The monoisotopic (exact) mass is 532 g/mol. The molecule has 0 aliphatic heterocycles. The molecule has 1 aliphatic carbocycles. The van der Waals surface area contributed by atoms with Crippen molar-refractivity contribution in [2.75, 3.05) is 6.61 Å². The third-order valence-corrected chi connectivity index (χ3v) is 7.58. The van der Waals surface area contributed by atoms with E-state index in [-0.39, 0.29) is 31.0 Å². The molecule has 0 spiro atoms. The third kappa shape index (κ3) is 7.84. The van der Waals surface area contributed by atoms with Crippen LogP contribution < -0.4 is 10.1 Å². The van der Waals surface area contributed by atoms with Crippen LogP contribution in [0.2, 0.25) is 5.02 Å². The van der Waals surface area contributed by atoms with Crippen molar-refractivity contribution in [3.8, 4) is 5.75 Å². The fourth-order valence-electron chi connectivity index (χ4n) is 4.92. The van der Waals surface area contributed by atoms with Gasteiger partial charge in [0.15, 0.2) is 6.61 Å². The number of carbonyl (C=O) groups is 2.